The van der Waals surface area contributed by atoms with Gasteiger partial charge < -0.3 is 10.1 Å². The smallest absolute Gasteiger partial charge is 0.118 e. The maximum Gasteiger partial charge on any atom is 0.118 e. The Balaban J connectivity index is 2.36. The van der Waals surface area contributed by atoms with Crippen LogP contribution in [-0.2, 0) is 0 Å². The molecule has 3 heteroatoms. The summed E-state index contributed by atoms with van der Waals surface area (Å²) in [5.74, 6) is 0.881. The van der Waals surface area contributed by atoms with Gasteiger partial charge in [-0.15, -0.1) is 0 Å². The number of ether oxygens (including phenoxy) is 1. The number of benzene rings is 2. The third kappa shape index (κ3) is 3.37. The van der Waals surface area contributed by atoms with Gasteiger partial charge in [0.25, 0.3) is 0 Å². The van der Waals surface area contributed by atoms with Crippen molar-refractivity contribution in [3.63, 3.8) is 0 Å². The zero-order valence-electron chi connectivity index (χ0n) is 11.2. The molecule has 100 valence electrons. The second-order valence-corrected chi connectivity index (χ2v) is 5.14. The van der Waals surface area contributed by atoms with Gasteiger partial charge in [0.1, 0.15) is 5.75 Å². The van der Waals surface area contributed by atoms with Crippen molar-refractivity contribution in [1.82, 2.24) is 5.32 Å². The van der Waals surface area contributed by atoms with Crippen LogP contribution in [0.5, 0.6) is 5.75 Å². The van der Waals surface area contributed by atoms with Gasteiger partial charge in [-0.2, -0.15) is 0 Å². The fraction of sp³-hybridized carbons (Fsp3) is 0.250. The van der Waals surface area contributed by atoms with Crippen molar-refractivity contribution in [3.8, 4) is 5.75 Å². The average molecular weight is 320 g/mol. The van der Waals surface area contributed by atoms with Crippen molar-refractivity contribution < 1.29 is 4.74 Å². The van der Waals surface area contributed by atoms with Gasteiger partial charge in [-0.1, -0.05) is 53.2 Å². The monoisotopic (exact) mass is 319 g/mol. The Morgan fingerprint density at radius 2 is 1.79 bits per heavy atom. The molecule has 2 nitrogen and oxygen atoms in total. The first kappa shape index (κ1) is 14.1. The van der Waals surface area contributed by atoms with E-state index in [0.29, 0.717) is 0 Å². The zero-order chi connectivity index (χ0) is 13.7. The second kappa shape index (κ2) is 6.73. The lowest BCUT2D eigenvalue weighted by Crippen LogP contribution is -2.22. The predicted molar refractivity (Wildman–Crippen MR) is 82.7 cm³/mol. The average Bonchev–Trinajstić information content (AvgIpc) is 2.46. The Kier molecular flexibility index (Phi) is 5.00. The van der Waals surface area contributed by atoms with Crippen molar-refractivity contribution in [3.05, 3.63) is 64.1 Å². The number of rotatable bonds is 5. The van der Waals surface area contributed by atoms with E-state index in [-0.39, 0.29) is 6.04 Å². The summed E-state index contributed by atoms with van der Waals surface area (Å²) in [6.45, 7) is 3.03. The molecular formula is C16H18BrNO. The SMILES string of the molecule is CCNC(c1ccc(OC)cc1)c1ccccc1Br. The molecule has 0 aliphatic carbocycles. The summed E-state index contributed by atoms with van der Waals surface area (Å²) in [5.41, 5.74) is 2.48. The quantitative estimate of drug-likeness (QED) is 0.893. The van der Waals surface area contributed by atoms with Gasteiger partial charge in [0, 0.05) is 4.47 Å². The number of hydrogen-bond donors (Lipinski definition) is 1. The molecule has 0 amide bonds. The molecule has 1 N–H and O–H groups in total. The Morgan fingerprint density at radius 1 is 1.11 bits per heavy atom. The number of halogens is 1. The third-order valence-electron chi connectivity index (χ3n) is 3.07. The van der Waals surface area contributed by atoms with Crippen LogP contribution < -0.4 is 10.1 Å². The van der Waals surface area contributed by atoms with Crippen LogP contribution in [0.1, 0.15) is 24.1 Å². The van der Waals surface area contributed by atoms with Crippen LogP contribution in [0.3, 0.4) is 0 Å². The molecule has 1 atom stereocenters. The van der Waals surface area contributed by atoms with E-state index in [1.54, 1.807) is 7.11 Å². The molecule has 0 aliphatic rings. The molecule has 0 bridgehead atoms. The van der Waals surface area contributed by atoms with Crippen LogP contribution in [-0.4, -0.2) is 13.7 Å². The van der Waals surface area contributed by atoms with Gasteiger partial charge in [-0.25, -0.2) is 0 Å². The Labute approximate surface area is 122 Å². The molecule has 19 heavy (non-hydrogen) atoms. The summed E-state index contributed by atoms with van der Waals surface area (Å²) in [7, 11) is 1.69. The molecule has 2 aromatic rings. The van der Waals surface area contributed by atoms with E-state index in [2.05, 4.69) is 58.5 Å². The molecule has 0 fully saturated rings. The largest absolute Gasteiger partial charge is 0.497 e. The van der Waals surface area contributed by atoms with E-state index in [1.165, 1.54) is 11.1 Å². The molecule has 0 saturated heterocycles. The zero-order valence-corrected chi connectivity index (χ0v) is 12.8. The molecular weight excluding hydrogens is 302 g/mol. The van der Waals surface area contributed by atoms with Crippen molar-refractivity contribution in [2.45, 2.75) is 13.0 Å². The van der Waals surface area contributed by atoms with Crippen molar-refractivity contribution in [2.75, 3.05) is 13.7 Å². The molecule has 2 rings (SSSR count). The van der Waals surface area contributed by atoms with Gasteiger partial charge in [-0.05, 0) is 35.9 Å². The lowest BCUT2D eigenvalue weighted by Gasteiger charge is -2.20. The molecule has 0 radical (unpaired) electrons. The Hall–Kier alpha value is -1.32. The second-order valence-electron chi connectivity index (χ2n) is 4.29. The molecule has 0 saturated carbocycles. The maximum absolute atomic E-state index is 5.21. The van der Waals surface area contributed by atoms with Gasteiger partial charge in [0.05, 0.1) is 13.2 Å². The van der Waals surface area contributed by atoms with Gasteiger partial charge >= 0.3 is 0 Å². The van der Waals surface area contributed by atoms with Crippen molar-refractivity contribution >= 4 is 15.9 Å². The first-order chi connectivity index (χ1) is 9.26. The lowest BCUT2D eigenvalue weighted by molar-refractivity contribution is 0.414. The highest BCUT2D eigenvalue weighted by molar-refractivity contribution is 9.10. The minimum Gasteiger partial charge on any atom is -0.497 e. The van der Waals surface area contributed by atoms with E-state index in [0.717, 1.165) is 16.8 Å². The summed E-state index contributed by atoms with van der Waals surface area (Å²) in [6, 6.07) is 16.7. The van der Waals surface area contributed by atoms with Crippen LogP contribution in [0.2, 0.25) is 0 Å². The number of hydrogen-bond acceptors (Lipinski definition) is 2. The van der Waals surface area contributed by atoms with E-state index in [1.807, 2.05) is 18.2 Å². The highest BCUT2D eigenvalue weighted by atomic mass is 79.9. The lowest BCUT2D eigenvalue weighted by atomic mass is 9.98. The third-order valence-corrected chi connectivity index (χ3v) is 3.80. The van der Waals surface area contributed by atoms with Crippen molar-refractivity contribution in [2.24, 2.45) is 0 Å². The fourth-order valence-corrected chi connectivity index (χ4v) is 2.63. The summed E-state index contributed by atoms with van der Waals surface area (Å²) >= 11 is 3.63. The minimum absolute atomic E-state index is 0.187. The van der Waals surface area contributed by atoms with Crippen LogP contribution in [0.4, 0.5) is 0 Å². The van der Waals surface area contributed by atoms with Gasteiger partial charge in [0.15, 0.2) is 0 Å². The maximum atomic E-state index is 5.21. The topological polar surface area (TPSA) is 21.3 Å². The Morgan fingerprint density at radius 3 is 2.37 bits per heavy atom. The van der Waals surface area contributed by atoms with Crippen LogP contribution in [0, 0.1) is 0 Å². The first-order valence-corrected chi connectivity index (χ1v) is 7.17. The summed E-state index contributed by atoms with van der Waals surface area (Å²) in [4.78, 5) is 0. The van der Waals surface area contributed by atoms with E-state index < -0.39 is 0 Å². The molecule has 1 unspecified atom stereocenters. The number of methoxy groups -OCH3 is 1. The number of nitrogens with one attached hydrogen (secondary N) is 1. The highest BCUT2D eigenvalue weighted by Crippen LogP contribution is 2.29. The van der Waals surface area contributed by atoms with Crippen LogP contribution >= 0.6 is 15.9 Å². The minimum atomic E-state index is 0.187. The Bertz CT molecular complexity index is 525. The van der Waals surface area contributed by atoms with E-state index in [4.69, 9.17) is 4.74 Å². The van der Waals surface area contributed by atoms with Crippen LogP contribution in [0.25, 0.3) is 0 Å². The predicted octanol–water partition coefficient (Wildman–Crippen LogP) is 4.16. The summed E-state index contributed by atoms with van der Waals surface area (Å²) in [6.07, 6.45) is 0. The van der Waals surface area contributed by atoms with E-state index >= 15 is 0 Å². The molecule has 2 aromatic carbocycles. The standard InChI is InChI=1S/C16H18BrNO/c1-3-18-16(14-6-4-5-7-15(14)17)12-8-10-13(19-2)11-9-12/h4-11,16,18H,3H2,1-2H3. The molecule has 0 heterocycles. The molecule has 0 aliphatic heterocycles. The normalized spacial score (nSPS) is 12.2. The summed E-state index contributed by atoms with van der Waals surface area (Å²) in [5, 5.41) is 3.52. The van der Waals surface area contributed by atoms with E-state index in [9.17, 15) is 0 Å². The molecule has 0 aromatic heterocycles. The van der Waals surface area contributed by atoms with Crippen molar-refractivity contribution in [1.29, 1.82) is 0 Å². The van der Waals surface area contributed by atoms with Crippen LogP contribution in [0.15, 0.2) is 53.0 Å². The van der Waals surface area contributed by atoms with Gasteiger partial charge in [-0.3, -0.25) is 0 Å². The van der Waals surface area contributed by atoms with Gasteiger partial charge in [0.2, 0.25) is 0 Å². The fourth-order valence-electron chi connectivity index (χ4n) is 2.12. The molecule has 0 spiro atoms. The first-order valence-electron chi connectivity index (χ1n) is 6.38. The highest BCUT2D eigenvalue weighted by Gasteiger charge is 2.15. The summed E-state index contributed by atoms with van der Waals surface area (Å²) < 4.78 is 6.33.